The molecule has 0 aliphatic carbocycles. The predicted octanol–water partition coefficient (Wildman–Crippen LogP) is -0.275. The van der Waals surface area contributed by atoms with Crippen molar-refractivity contribution in [3.8, 4) is 0 Å². The standard InChI is InChI=1S/C15H13NO6.Na.H/c1-2-22-15(21)12(18)7-9(17)8-16-13(19)10-5-3-4-6-11(10)14(16)20;;/h3-6H,2,7-8H2,1H3;;. The third-order valence-electron chi connectivity index (χ3n) is 3.07. The first kappa shape index (κ1) is 19.2. The Labute approximate surface area is 154 Å². The molecule has 0 N–H and O–H groups in total. The summed E-state index contributed by atoms with van der Waals surface area (Å²) in [6.45, 7) is 1.01. The molecule has 8 heteroatoms. The Hall–Kier alpha value is -1.83. The Balaban J connectivity index is 0.00000264. The zero-order valence-corrected chi connectivity index (χ0v) is 11.8. The van der Waals surface area contributed by atoms with Gasteiger partial charge in [0.2, 0.25) is 5.78 Å². The maximum atomic E-state index is 12.0. The number of carbonyl (C=O) groups excluding carboxylic acids is 5. The molecular formula is C15H14NNaO6. The van der Waals surface area contributed by atoms with E-state index in [0.29, 0.717) is 0 Å². The number of fused-ring (bicyclic) bond motifs is 1. The molecule has 0 fully saturated rings. The molecule has 1 aliphatic rings. The minimum absolute atomic E-state index is 0. The topological polar surface area (TPSA) is 97.8 Å². The molecule has 0 spiro atoms. The van der Waals surface area contributed by atoms with Gasteiger partial charge in [0.05, 0.1) is 30.7 Å². The number of amides is 2. The molecule has 0 aromatic heterocycles. The van der Waals surface area contributed by atoms with Crippen LogP contribution in [0.15, 0.2) is 24.3 Å². The molecule has 0 atom stereocenters. The first-order valence-electron chi connectivity index (χ1n) is 6.62. The molecule has 1 aromatic carbocycles. The van der Waals surface area contributed by atoms with E-state index in [0.717, 1.165) is 4.90 Å². The van der Waals surface area contributed by atoms with E-state index in [1.54, 1.807) is 12.1 Å². The van der Waals surface area contributed by atoms with Gasteiger partial charge < -0.3 is 4.74 Å². The monoisotopic (exact) mass is 327 g/mol. The molecule has 1 heterocycles. The van der Waals surface area contributed by atoms with Gasteiger partial charge in [-0.1, -0.05) is 12.1 Å². The van der Waals surface area contributed by atoms with Crippen LogP contribution in [0, 0.1) is 0 Å². The molecular weight excluding hydrogens is 313 g/mol. The Bertz CT molecular complexity index is 649. The predicted molar refractivity (Wildman–Crippen MR) is 80.2 cm³/mol. The molecule has 0 saturated heterocycles. The van der Waals surface area contributed by atoms with Gasteiger partial charge in [-0.2, -0.15) is 0 Å². The minimum atomic E-state index is -1.10. The van der Waals surface area contributed by atoms with Crippen molar-refractivity contribution in [2.45, 2.75) is 13.3 Å². The fraction of sp³-hybridized carbons (Fsp3) is 0.267. The molecule has 2 amide bonds. The number of rotatable bonds is 6. The fourth-order valence-electron chi connectivity index (χ4n) is 2.08. The number of carbonyl (C=O) groups is 5. The van der Waals surface area contributed by atoms with E-state index in [9.17, 15) is 24.0 Å². The van der Waals surface area contributed by atoms with Crippen LogP contribution in [-0.2, 0) is 19.1 Å². The van der Waals surface area contributed by atoms with Crippen molar-refractivity contribution in [1.82, 2.24) is 4.90 Å². The molecule has 23 heavy (non-hydrogen) atoms. The van der Waals surface area contributed by atoms with Gasteiger partial charge in [0.25, 0.3) is 11.8 Å². The third kappa shape index (κ3) is 4.13. The van der Waals surface area contributed by atoms with Gasteiger partial charge in [-0.15, -0.1) is 0 Å². The summed E-state index contributed by atoms with van der Waals surface area (Å²) in [5.74, 6) is -3.97. The molecule has 0 radical (unpaired) electrons. The normalized spacial score (nSPS) is 12.5. The number of benzene rings is 1. The molecule has 7 nitrogen and oxygen atoms in total. The summed E-state index contributed by atoms with van der Waals surface area (Å²) in [7, 11) is 0. The molecule has 2 rings (SSSR count). The van der Waals surface area contributed by atoms with Crippen molar-refractivity contribution in [2.24, 2.45) is 0 Å². The summed E-state index contributed by atoms with van der Waals surface area (Å²) in [6, 6.07) is 6.20. The van der Waals surface area contributed by atoms with E-state index in [2.05, 4.69) is 4.74 Å². The van der Waals surface area contributed by atoms with E-state index in [-0.39, 0.29) is 47.3 Å². The Morgan fingerprint density at radius 1 is 1.04 bits per heavy atom. The van der Waals surface area contributed by atoms with Gasteiger partial charge in [0, 0.05) is 0 Å². The zero-order chi connectivity index (χ0) is 16.3. The van der Waals surface area contributed by atoms with Crippen LogP contribution in [0.1, 0.15) is 34.1 Å². The summed E-state index contributed by atoms with van der Waals surface area (Å²) in [4.78, 5) is 59.2. The maximum absolute atomic E-state index is 12.0. The van der Waals surface area contributed by atoms with Gasteiger partial charge in [-0.3, -0.25) is 24.1 Å². The zero-order valence-electron chi connectivity index (χ0n) is 11.8. The molecule has 1 aliphatic heterocycles. The van der Waals surface area contributed by atoms with E-state index < -0.39 is 42.3 Å². The number of hydrogen-bond donors (Lipinski definition) is 0. The van der Waals surface area contributed by atoms with Crippen molar-refractivity contribution in [3.63, 3.8) is 0 Å². The van der Waals surface area contributed by atoms with Gasteiger partial charge in [-0.05, 0) is 19.1 Å². The molecule has 0 saturated carbocycles. The molecule has 116 valence electrons. The first-order chi connectivity index (χ1) is 10.5. The number of nitrogens with zero attached hydrogens (tertiary/aromatic N) is 1. The van der Waals surface area contributed by atoms with Crippen molar-refractivity contribution < 1.29 is 28.7 Å². The average molecular weight is 327 g/mol. The fourth-order valence-corrected chi connectivity index (χ4v) is 2.08. The van der Waals surface area contributed by atoms with Crippen LogP contribution in [0.2, 0.25) is 0 Å². The van der Waals surface area contributed by atoms with E-state index in [1.165, 1.54) is 19.1 Å². The SMILES string of the molecule is CCOC(=O)C(=O)CC(=O)CN1C(=O)c2ccccc2C1=O.[NaH]. The van der Waals surface area contributed by atoms with Crippen LogP contribution in [0.3, 0.4) is 0 Å². The van der Waals surface area contributed by atoms with Crippen LogP contribution in [-0.4, -0.2) is 77.0 Å². The van der Waals surface area contributed by atoms with Crippen molar-refractivity contribution in [2.75, 3.05) is 13.2 Å². The van der Waals surface area contributed by atoms with E-state index in [4.69, 9.17) is 0 Å². The average Bonchev–Trinajstić information content (AvgIpc) is 2.73. The number of hydrogen-bond acceptors (Lipinski definition) is 6. The first-order valence-corrected chi connectivity index (χ1v) is 6.62. The quantitative estimate of drug-likeness (QED) is 0.234. The van der Waals surface area contributed by atoms with Gasteiger partial charge >= 0.3 is 35.5 Å². The Kier molecular flexibility index (Phi) is 6.80. The van der Waals surface area contributed by atoms with Crippen molar-refractivity contribution in [3.05, 3.63) is 35.4 Å². The number of ether oxygens (including phenoxy) is 1. The number of ketones is 2. The van der Waals surface area contributed by atoms with Crippen LogP contribution in [0.4, 0.5) is 0 Å². The van der Waals surface area contributed by atoms with Gasteiger partial charge in [0.1, 0.15) is 0 Å². The summed E-state index contributed by atoms with van der Waals surface area (Å²) in [5, 5.41) is 0. The summed E-state index contributed by atoms with van der Waals surface area (Å²) in [6.07, 6.45) is -0.702. The second kappa shape index (κ2) is 8.14. The third-order valence-corrected chi connectivity index (χ3v) is 3.07. The van der Waals surface area contributed by atoms with Crippen LogP contribution >= 0.6 is 0 Å². The molecule has 0 unspecified atom stereocenters. The number of esters is 1. The van der Waals surface area contributed by atoms with E-state index >= 15 is 0 Å². The Morgan fingerprint density at radius 3 is 2.04 bits per heavy atom. The number of Topliss-reactive ketones (excluding diaryl/α,β-unsaturated/α-hetero) is 2. The van der Waals surface area contributed by atoms with E-state index in [1.807, 2.05) is 0 Å². The van der Waals surface area contributed by atoms with Crippen molar-refractivity contribution >= 4 is 58.9 Å². The Morgan fingerprint density at radius 2 is 1.57 bits per heavy atom. The summed E-state index contributed by atoms with van der Waals surface area (Å²) in [5.41, 5.74) is 0.439. The second-order valence-electron chi connectivity index (χ2n) is 4.60. The van der Waals surface area contributed by atoms with Gasteiger partial charge in [-0.25, -0.2) is 4.79 Å². The van der Waals surface area contributed by atoms with Crippen LogP contribution < -0.4 is 0 Å². The van der Waals surface area contributed by atoms with Crippen molar-refractivity contribution in [1.29, 1.82) is 0 Å². The summed E-state index contributed by atoms with van der Waals surface area (Å²) >= 11 is 0. The molecule has 1 aromatic rings. The van der Waals surface area contributed by atoms with Crippen LogP contribution in [0.25, 0.3) is 0 Å². The van der Waals surface area contributed by atoms with Gasteiger partial charge in [0.15, 0.2) is 5.78 Å². The number of imide groups is 1. The second-order valence-corrected chi connectivity index (χ2v) is 4.60. The van der Waals surface area contributed by atoms with Crippen LogP contribution in [0.5, 0.6) is 0 Å². The summed E-state index contributed by atoms with van der Waals surface area (Å²) < 4.78 is 4.48. The molecule has 0 bridgehead atoms.